The fourth-order valence-corrected chi connectivity index (χ4v) is 0.596. The number of ether oxygens (including phenoxy) is 1. The number of carbonyl (C=O) groups excluding carboxylic acids is 1. The van der Waals surface area contributed by atoms with E-state index in [2.05, 4.69) is 4.74 Å². The Morgan fingerprint density at radius 1 is 1.56 bits per heavy atom. The summed E-state index contributed by atoms with van der Waals surface area (Å²) in [4.78, 5) is 9.75. The number of allylic oxidation sites excluding steroid dienone is 1. The van der Waals surface area contributed by atoms with Gasteiger partial charge in [0.2, 0.25) is 0 Å². The first kappa shape index (κ1) is 8.21. The lowest BCUT2D eigenvalue weighted by Gasteiger charge is -2.02. The minimum absolute atomic E-state index is 0.0903. The highest BCUT2D eigenvalue weighted by Gasteiger charge is 1.92. The van der Waals surface area contributed by atoms with Crippen LogP contribution in [0.15, 0.2) is 11.6 Å². The highest BCUT2D eigenvalue weighted by Crippen LogP contribution is 1.95. The van der Waals surface area contributed by atoms with Crippen molar-refractivity contribution in [3.63, 3.8) is 0 Å². The molecule has 0 N–H and O–H groups in total. The van der Waals surface area contributed by atoms with Gasteiger partial charge in [0.1, 0.15) is 6.10 Å². The van der Waals surface area contributed by atoms with Crippen molar-refractivity contribution in [2.24, 2.45) is 0 Å². The third kappa shape index (κ3) is 5.07. The quantitative estimate of drug-likeness (QED) is 0.425. The molecule has 2 heteroatoms. The van der Waals surface area contributed by atoms with Gasteiger partial charge in [-0.15, -0.1) is 0 Å². The van der Waals surface area contributed by atoms with E-state index < -0.39 is 0 Å². The van der Waals surface area contributed by atoms with Gasteiger partial charge in [0, 0.05) is 0 Å². The molecule has 9 heavy (non-hydrogen) atoms. The fourth-order valence-electron chi connectivity index (χ4n) is 0.596. The van der Waals surface area contributed by atoms with Crippen LogP contribution in [0.5, 0.6) is 0 Å². The normalized spacial score (nSPS) is 11.9. The van der Waals surface area contributed by atoms with E-state index in [1.165, 1.54) is 0 Å². The van der Waals surface area contributed by atoms with Gasteiger partial charge in [-0.1, -0.05) is 5.57 Å². The summed E-state index contributed by atoms with van der Waals surface area (Å²) < 4.78 is 4.60. The zero-order chi connectivity index (χ0) is 7.28. The van der Waals surface area contributed by atoms with Gasteiger partial charge in [0.25, 0.3) is 6.47 Å². The Labute approximate surface area is 55.5 Å². The summed E-state index contributed by atoms with van der Waals surface area (Å²) in [6.07, 6.45) is 1.79. The van der Waals surface area contributed by atoms with Gasteiger partial charge in [-0.3, -0.25) is 4.79 Å². The zero-order valence-corrected chi connectivity index (χ0v) is 6.05. The van der Waals surface area contributed by atoms with Crippen LogP contribution in [0.4, 0.5) is 0 Å². The molecule has 0 amide bonds. The van der Waals surface area contributed by atoms with E-state index in [0.29, 0.717) is 6.47 Å². The first-order valence-electron chi connectivity index (χ1n) is 2.91. The molecule has 0 aliphatic rings. The van der Waals surface area contributed by atoms with Crippen molar-refractivity contribution in [1.82, 2.24) is 0 Å². The molecule has 0 saturated heterocycles. The second kappa shape index (κ2) is 4.13. The van der Waals surface area contributed by atoms with Gasteiger partial charge < -0.3 is 4.74 Å². The molecule has 0 bridgehead atoms. The van der Waals surface area contributed by atoms with Crippen LogP contribution < -0.4 is 0 Å². The van der Waals surface area contributed by atoms with E-state index in [1.54, 1.807) is 0 Å². The maximum atomic E-state index is 9.75. The van der Waals surface area contributed by atoms with E-state index in [0.717, 1.165) is 5.57 Å². The molecular weight excluding hydrogens is 116 g/mol. The van der Waals surface area contributed by atoms with Crippen molar-refractivity contribution in [2.45, 2.75) is 26.9 Å². The summed E-state index contributed by atoms with van der Waals surface area (Å²) in [6, 6.07) is 0. The Kier molecular flexibility index (Phi) is 3.76. The molecule has 0 aliphatic carbocycles. The molecule has 1 unspecified atom stereocenters. The molecule has 0 radical (unpaired) electrons. The van der Waals surface area contributed by atoms with Crippen LogP contribution in [0.3, 0.4) is 0 Å². The second-order valence-corrected chi connectivity index (χ2v) is 2.18. The van der Waals surface area contributed by atoms with Crippen molar-refractivity contribution < 1.29 is 9.53 Å². The van der Waals surface area contributed by atoms with Crippen molar-refractivity contribution >= 4 is 6.47 Å². The Balaban J connectivity index is 3.61. The van der Waals surface area contributed by atoms with Gasteiger partial charge >= 0.3 is 0 Å². The van der Waals surface area contributed by atoms with Crippen molar-refractivity contribution in [1.29, 1.82) is 0 Å². The fraction of sp³-hybridized carbons (Fsp3) is 0.571. The Hall–Kier alpha value is -0.790. The van der Waals surface area contributed by atoms with Gasteiger partial charge in [-0.25, -0.2) is 0 Å². The first-order valence-corrected chi connectivity index (χ1v) is 2.91. The lowest BCUT2D eigenvalue weighted by Crippen LogP contribution is -2.02. The number of rotatable bonds is 3. The molecule has 0 aromatic heterocycles. The van der Waals surface area contributed by atoms with Crippen LogP contribution in [0, 0.1) is 0 Å². The molecule has 1 atom stereocenters. The molecule has 0 fully saturated rings. The van der Waals surface area contributed by atoms with Crippen LogP contribution in [0.2, 0.25) is 0 Å². The van der Waals surface area contributed by atoms with E-state index >= 15 is 0 Å². The Morgan fingerprint density at radius 2 is 2.11 bits per heavy atom. The predicted molar refractivity (Wildman–Crippen MR) is 36.0 cm³/mol. The first-order chi connectivity index (χ1) is 4.16. The average Bonchev–Trinajstić information content (AvgIpc) is 1.63. The number of hydrogen-bond donors (Lipinski definition) is 0. The summed E-state index contributed by atoms with van der Waals surface area (Å²) >= 11 is 0. The molecule has 0 aromatic carbocycles. The minimum Gasteiger partial charge on any atom is -0.461 e. The number of hydrogen-bond acceptors (Lipinski definition) is 2. The summed E-state index contributed by atoms with van der Waals surface area (Å²) in [5.74, 6) is 0. The van der Waals surface area contributed by atoms with Crippen LogP contribution in [0.25, 0.3) is 0 Å². The molecule has 0 spiro atoms. The minimum atomic E-state index is -0.0903. The van der Waals surface area contributed by atoms with E-state index in [9.17, 15) is 4.79 Å². The highest BCUT2D eigenvalue weighted by molar-refractivity contribution is 5.37. The summed E-state index contributed by atoms with van der Waals surface area (Å²) in [6.45, 7) is 6.21. The second-order valence-electron chi connectivity index (χ2n) is 2.18. The van der Waals surface area contributed by atoms with Crippen LogP contribution in [-0.2, 0) is 9.53 Å². The zero-order valence-electron chi connectivity index (χ0n) is 6.05. The van der Waals surface area contributed by atoms with Gasteiger partial charge in [0.15, 0.2) is 0 Å². The Bertz CT molecular complexity index is 112. The summed E-state index contributed by atoms with van der Waals surface area (Å²) in [7, 11) is 0. The highest BCUT2D eigenvalue weighted by atomic mass is 16.5. The standard InChI is InChI=1S/C7H12O2/c1-6(2)4-7(3)9-5-8/h4-5,7H,1-3H3. The lowest BCUT2D eigenvalue weighted by molar-refractivity contribution is -0.130. The summed E-state index contributed by atoms with van der Waals surface area (Å²) in [5, 5.41) is 0. The molecule has 0 aliphatic heterocycles. The van der Waals surface area contributed by atoms with Gasteiger partial charge in [0.05, 0.1) is 0 Å². The maximum absolute atomic E-state index is 9.75. The van der Waals surface area contributed by atoms with Crippen molar-refractivity contribution in [2.75, 3.05) is 0 Å². The van der Waals surface area contributed by atoms with E-state index in [4.69, 9.17) is 0 Å². The third-order valence-corrected chi connectivity index (χ3v) is 0.838. The number of carbonyl (C=O) groups is 1. The molecule has 0 rings (SSSR count). The topological polar surface area (TPSA) is 26.3 Å². The van der Waals surface area contributed by atoms with Gasteiger partial charge in [-0.2, -0.15) is 0 Å². The van der Waals surface area contributed by atoms with Crippen LogP contribution in [0.1, 0.15) is 20.8 Å². The monoisotopic (exact) mass is 128 g/mol. The predicted octanol–water partition coefficient (Wildman–Crippen LogP) is 1.51. The van der Waals surface area contributed by atoms with Gasteiger partial charge in [-0.05, 0) is 26.8 Å². The van der Waals surface area contributed by atoms with E-state index in [1.807, 2.05) is 26.8 Å². The summed E-state index contributed by atoms with van der Waals surface area (Å²) in [5.41, 5.74) is 1.16. The average molecular weight is 128 g/mol. The van der Waals surface area contributed by atoms with Crippen LogP contribution in [-0.4, -0.2) is 12.6 Å². The largest absolute Gasteiger partial charge is 0.461 e. The molecule has 0 aromatic rings. The Morgan fingerprint density at radius 3 is 2.44 bits per heavy atom. The lowest BCUT2D eigenvalue weighted by atomic mass is 10.2. The molecule has 52 valence electrons. The molecule has 0 saturated carbocycles. The van der Waals surface area contributed by atoms with E-state index in [-0.39, 0.29) is 6.10 Å². The van der Waals surface area contributed by atoms with Crippen LogP contribution >= 0.6 is 0 Å². The molecule has 0 heterocycles. The smallest absolute Gasteiger partial charge is 0.293 e. The van der Waals surface area contributed by atoms with Crippen molar-refractivity contribution in [3.05, 3.63) is 11.6 Å². The third-order valence-electron chi connectivity index (χ3n) is 0.838. The molecular formula is C7H12O2. The maximum Gasteiger partial charge on any atom is 0.293 e. The van der Waals surface area contributed by atoms with Crippen molar-refractivity contribution in [3.8, 4) is 0 Å². The molecule has 2 nitrogen and oxygen atoms in total. The SMILES string of the molecule is CC(C)=CC(C)OC=O.